The zero-order valence-electron chi connectivity index (χ0n) is 9.53. The van der Waals surface area contributed by atoms with Gasteiger partial charge >= 0.3 is 0 Å². The van der Waals surface area contributed by atoms with Crippen LogP contribution < -0.4 is 10.5 Å². The van der Waals surface area contributed by atoms with Crippen LogP contribution in [0.2, 0.25) is 0 Å². The number of anilines is 1. The predicted octanol–water partition coefficient (Wildman–Crippen LogP) is 3.25. The third kappa shape index (κ3) is 1.87. The Kier molecular flexibility index (Phi) is 2.82. The van der Waals surface area contributed by atoms with Crippen LogP contribution in [0.25, 0.3) is 11.1 Å². The van der Waals surface area contributed by atoms with E-state index in [4.69, 9.17) is 10.5 Å². The second kappa shape index (κ2) is 4.27. The van der Waals surface area contributed by atoms with Crippen molar-refractivity contribution in [2.45, 2.75) is 6.92 Å². The van der Waals surface area contributed by atoms with Gasteiger partial charge in [-0.1, -0.05) is 30.3 Å². The first-order chi connectivity index (χ1) is 7.72. The van der Waals surface area contributed by atoms with Gasteiger partial charge in [0.25, 0.3) is 0 Å². The molecule has 2 rings (SSSR count). The van der Waals surface area contributed by atoms with Gasteiger partial charge in [-0.15, -0.1) is 0 Å². The first-order valence-electron chi connectivity index (χ1n) is 5.22. The Morgan fingerprint density at radius 2 is 1.81 bits per heavy atom. The molecule has 2 nitrogen and oxygen atoms in total. The Morgan fingerprint density at radius 1 is 1.06 bits per heavy atom. The summed E-state index contributed by atoms with van der Waals surface area (Å²) < 4.78 is 5.21. The van der Waals surface area contributed by atoms with E-state index in [9.17, 15) is 0 Å². The Hall–Kier alpha value is -1.96. The Morgan fingerprint density at radius 3 is 2.56 bits per heavy atom. The monoisotopic (exact) mass is 213 g/mol. The molecule has 0 radical (unpaired) electrons. The lowest BCUT2D eigenvalue weighted by molar-refractivity contribution is 0.415. The largest absolute Gasteiger partial charge is 0.497 e. The van der Waals surface area contributed by atoms with Crippen LogP contribution in [0.5, 0.6) is 5.75 Å². The highest BCUT2D eigenvalue weighted by atomic mass is 16.5. The summed E-state index contributed by atoms with van der Waals surface area (Å²) >= 11 is 0. The summed E-state index contributed by atoms with van der Waals surface area (Å²) in [5.74, 6) is 0.846. The summed E-state index contributed by atoms with van der Waals surface area (Å²) in [6.45, 7) is 2.01. The molecule has 16 heavy (non-hydrogen) atoms. The van der Waals surface area contributed by atoms with Gasteiger partial charge < -0.3 is 10.5 Å². The summed E-state index contributed by atoms with van der Waals surface area (Å²) in [7, 11) is 1.67. The maximum absolute atomic E-state index is 6.07. The fraction of sp³-hybridized carbons (Fsp3) is 0.143. The van der Waals surface area contributed by atoms with Crippen molar-refractivity contribution in [2.75, 3.05) is 12.8 Å². The minimum absolute atomic E-state index is 0.829. The molecule has 0 saturated heterocycles. The molecule has 0 fully saturated rings. The van der Waals surface area contributed by atoms with E-state index in [0.717, 1.165) is 28.1 Å². The Bertz CT molecular complexity index is 506. The summed E-state index contributed by atoms with van der Waals surface area (Å²) in [5, 5.41) is 0. The molecule has 0 aliphatic rings. The summed E-state index contributed by atoms with van der Waals surface area (Å²) in [6.07, 6.45) is 0. The minimum atomic E-state index is 0.829. The maximum atomic E-state index is 6.07. The minimum Gasteiger partial charge on any atom is -0.497 e. The number of hydrogen-bond donors (Lipinski definition) is 1. The molecule has 82 valence electrons. The molecule has 0 aromatic heterocycles. The molecule has 0 amide bonds. The van der Waals surface area contributed by atoms with Crippen LogP contribution in [0.4, 0.5) is 5.69 Å². The first-order valence-corrected chi connectivity index (χ1v) is 5.22. The van der Waals surface area contributed by atoms with Crippen LogP contribution in [-0.2, 0) is 0 Å². The summed E-state index contributed by atoms with van der Waals surface area (Å²) in [4.78, 5) is 0. The van der Waals surface area contributed by atoms with Gasteiger partial charge in [-0.2, -0.15) is 0 Å². The maximum Gasteiger partial charge on any atom is 0.119 e. The molecule has 2 heteroatoms. The van der Waals surface area contributed by atoms with E-state index in [1.54, 1.807) is 7.11 Å². The number of para-hydroxylation sites is 1. The van der Waals surface area contributed by atoms with Crippen LogP contribution in [0.1, 0.15) is 5.56 Å². The fourth-order valence-electron chi connectivity index (χ4n) is 1.72. The third-order valence-electron chi connectivity index (χ3n) is 2.70. The number of aryl methyl sites for hydroxylation is 1. The van der Waals surface area contributed by atoms with E-state index in [1.807, 2.05) is 49.4 Å². The number of benzene rings is 2. The summed E-state index contributed by atoms with van der Waals surface area (Å²) in [6, 6.07) is 14.0. The van der Waals surface area contributed by atoms with Gasteiger partial charge in [0.15, 0.2) is 0 Å². The van der Waals surface area contributed by atoms with Gasteiger partial charge in [0.05, 0.1) is 7.11 Å². The molecule has 0 unspecified atom stereocenters. The van der Waals surface area contributed by atoms with Crippen molar-refractivity contribution in [1.82, 2.24) is 0 Å². The zero-order chi connectivity index (χ0) is 11.5. The second-order valence-electron chi connectivity index (χ2n) is 3.77. The number of rotatable bonds is 2. The van der Waals surface area contributed by atoms with Gasteiger partial charge in [-0.05, 0) is 30.2 Å². The lowest BCUT2D eigenvalue weighted by Crippen LogP contribution is -1.93. The van der Waals surface area contributed by atoms with Crippen LogP contribution in [0.3, 0.4) is 0 Å². The number of methoxy groups -OCH3 is 1. The number of hydrogen-bond acceptors (Lipinski definition) is 2. The van der Waals surface area contributed by atoms with Crippen molar-refractivity contribution < 1.29 is 4.74 Å². The third-order valence-corrected chi connectivity index (χ3v) is 2.70. The SMILES string of the molecule is COc1cccc(-c2cccc(C)c2N)c1. The lowest BCUT2D eigenvalue weighted by atomic mass is 10.0. The topological polar surface area (TPSA) is 35.2 Å². The van der Waals surface area contributed by atoms with Crippen molar-refractivity contribution >= 4 is 5.69 Å². The van der Waals surface area contributed by atoms with E-state index in [1.165, 1.54) is 0 Å². The highest BCUT2D eigenvalue weighted by Crippen LogP contribution is 2.30. The van der Waals surface area contributed by atoms with Gasteiger partial charge in [-0.25, -0.2) is 0 Å². The van der Waals surface area contributed by atoms with Crippen molar-refractivity contribution in [3.05, 3.63) is 48.0 Å². The lowest BCUT2D eigenvalue weighted by Gasteiger charge is -2.09. The van der Waals surface area contributed by atoms with E-state index in [-0.39, 0.29) is 0 Å². The Labute approximate surface area is 95.7 Å². The smallest absolute Gasteiger partial charge is 0.119 e. The standard InChI is InChI=1S/C14H15NO/c1-10-5-3-8-13(14(10)15)11-6-4-7-12(9-11)16-2/h3-9H,15H2,1-2H3. The summed E-state index contributed by atoms with van der Waals surface area (Å²) in [5.41, 5.74) is 10.1. The van der Waals surface area contributed by atoms with Crippen molar-refractivity contribution in [2.24, 2.45) is 0 Å². The second-order valence-corrected chi connectivity index (χ2v) is 3.77. The van der Waals surface area contributed by atoms with E-state index in [0.29, 0.717) is 0 Å². The van der Waals surface area contributed by atoms with Gasteiger partial charge in [0.2, 0.25) is 0 Å². The van der Waals surface area contributed by atoms with Crippen LogP contribution in [-0.4, -0.2) is 7.11 Å². The van der Waals surface area contributed by atoms with Crippen LogP contribution >= 0.6 is 0 Å². The average molecular weight is 213 g/mol. The number of ether oxygens (including phenoxy) is 1. The molecule has 0 aliphatic heterocycles. The molecule has 2 aromatic rings. The van der Waals surface area contributed by atoms with Crippen LogP contribution in [0, 0.1) is 6.92 Å². The van der Waals surface area contributed by atoms with E-state index >= 15 is 0 Å². The normalized spacial score (nSPS) is 10.1. The van der Waals surface area contributed by atoms with E-state index in [2.05, 4.69) is 0 Å². The quantitative estimate of drug-likeness (QED) is 0.777. The van der Waals surface area contributed by atoms with Gasteiger partial charge in [0.1, 0.15) is 5.75 Å². The van der Waals surface area contributed by atoms with Crippen LogP contribution in [0.15, 0.2) is 42.5 Å². The van der Waals surface area contributed by atoms with E-state index < -0.39 is 0 Å². The first kappa shape index (κ1) is 10.6. The highest BCUT2D eigenvalue weighted by molar-refractivity contribution is 5.78. The molecule has 0 bridgehead atoms. The van der Waals surface area contributed by atoms with Gasteiger partial charge in [0, 0.05) is 11.3 Å². The zero-order valence-corrected chi connectivity index (χ0v) is 9.53. The van der Waals surface area contributed by atoms with Gasteiger partial charge in [-0.3, -0.25) is 0 Å². The average Bonchev–Trinajstić information content (AvgIpc) is 2.33. The van der Waals surface area contributed by atoms with Crippen molar-refractivity contribution in [1.29, 1.82) is 0 Å². The molecule has 0 aliphatic carbocycles. The fourth-order valence-corrected chi connectivity index (χ4v) is 1.72. The molecule has 0 spiro atoms. The molecule has 0 atom stereocenters. The number of nitrogens with two attached hydrogens (primary N) is 1. The predicted molar refractivity (Wildman–Crippen MR) is 67.6 cm³/mol. The van der Waals surface area contributed by atoms with Crippen molar-refractivity contribution in [3.63, 3.8) is 0 Å². The molecule has 2 aromatic carbocycles. The molecular weight excluding hydrogens is 198 g/mol. The number of nitrogen functional groups attached to an aromatic ring is 1. The molecule has 0 heterocycles. The Balaban J connectivity index is 2.54. The highest BCUT2D eigenvalue weighted by Gasteiger charge is 2.04. The molecule has 0 saturated carbocycles. The molecule has 2 N–H and O–H groups in total. The van der Waals surface area contributed by atoms with Crippen molar-refractivity contribution in [3.8, 4) is 16.9 Å². The molecular formula is C14H15NO.